The molecule has 152 valence electrons. The predicted molar refractivity (Wildman–Crippen MR) is 120 cm³/mol. The van der Waals surface area contributed by atoms with Crippen LogP contribution in [0.3, 0.4) is 0 Å². The largest absolute Gasteiger partial charge is 0.493 e. The van der Waals surface area contributed by atoms with Gasteiger partial charge in [-0.1, -0.05) is 32.0 Å². The van der Waals surface area contributed by atoms with Crippen LogP contribution in [0.25, 0.3) is 11.3 Å². The van der Waals surface area contributed by atoms with Gasteiger partial charge in [0.1, 0.15) is 5.75 Å². The van der Waals surface area contributed by atoms with Gasteiger partial charge in [-0.2, -0.15) is 0 Å². The lowest BCUT2D eigenvalue weighted by Gasteiger charge is -2.17. The third kappa shape index (κ3) is 4.67. The Labute approximate surface area is 175 Å². The van der Waals surface area contributed by atoms with Crippen LogP contribution in [-0.4, -0.2) is 11.6 Å². The lowest BCUT2D eigenvalue weighted by Crippen LogP contribution is -2.35. The highest BCUT2D eigenvalue weighted by atomic mass is 16.5. The van der Waals surface area contributed by atoms with Crippen LogP contribution in [-0.2, 0) is 19.4 Å². The second-order valence-electron chi connectivity index (χ2n) is 7.72. The number of rotatable bonds is 7. The highest BCUT2D eigenvalue weighted by Gasteiger charge is 2.19. The molecule has 0 N–H and O–H groups in total. The lowest BCUT2D eigenvalue weighted by atomic mass is 9.94. The number of benzene rings is 1. The fourth-order valence-electron chi connectivity index (χ4n) is 4.11. The van der Waals surface area contributed by atoms with Crippen molar-refractivity contribution >= 4 is 0 Å². The number of nitrogens with zero attached hydrogens (tertiary/aromatic N) is 2. The fourth-order valence-corrected chi connectivity index (χ4v) is 4.11. The van der Waals surface area contributed by atoms with Gasteiger partial charge in [0.05, 0.1) is 23.6 Å². The summed E-state index contributed by atoms with van der Waals surface area (Å²) in [6, 6.07) is 10.9. The summed E-state index contributed by atoms with van der Waals surface area (Å²) < 4.78 is 8.34. The number of aromatic nitrogens is 2. The first-order valence-electron chi connectivity index (χ1n) is 10.7. The van der Waals surface area contributed by atoms with Crippen LogP contribution in [0.15, 0.2) is 42.7 Å². The molecule has 29 heavy (non-hydrogen) atoms. The summed E-state index contributed by atoms with van der Waals surface area (Å²) in [5.74, 6) is 0.939. The molecule has 0 atom stereocenters. The molecule has 0 amide bonds. The maximum atomic E-state index is 6.11. The van der Waals surface area contributed by atoms with E-state index in [0.29, 0.717) is 6.61 Å². The minimum atomic E-state index is 0.642. The van der Waals surface area contributed by atoms with Gasteiger partial charge >= 0.3 is 0 Å². The van der Waals surface area contributed by atoms with E-state index in [2.05, 4.69) is 81.9 Å². The zero-order chi connectivity index (χ0) is 21.0. The zero-order valence-electron chi connectivity index (χ0n) is 18.7. The van der Waals surface area contributed by atoms with Crippen LogP contribution in [0, 0.1) is 20.8 Å². The molecule has 0 saturated carbocycles. The SMILES string of the molecule is CCOc1cc(-c2c(CC)cccc2CC)nc(C)c1C[n+]1cc(C)cc(C)c1. The van der Waals surface area contributed by atoms with E-state index in [0.717, 1.165) is 42.1 Å². The number of pyridine rings is 2. The van der Waals surface area contributed by atoms with Crippen molar-refractivity contribution in [1.82, 2.24) is 4.98 Å². The Hall–Kier alpha value is -2.68. The molecular weight excluding hydrogens is 356 g/mol. The topological polar surface area (TPSA) is 26.0 Å². The van der Waals surface area contributed by atoms with E-state index in [4.69, 9.17) is 9.72 Å². The highest BCUT2D eigenvalue weighted by molar-refractivity contribution is 5.70. The van der Waals surface area contributed by atoms with Gasteiger partial charge in [-0.3, -0.25) is 4.98 Å². The molecule has 2 aromatic heterocycles. The quantitative estimate of drug-likeness (QED) is 0.496. The Balaban J connectivity index is 2.13. The van der Waals surface area contributed by atoms with Gasteiger partial charge in [0, 0.05) is 22.8 Å². The van der Waals surface area contributed by atoms with Gasteiger partial charge in [-0.25, -0.2) is 4.57 Å². The standard InChI is InChI=1S/C26H33N2O/c1-7-21-11-10-12-22(8-2)26(21)24-14-25(29-9-3)23(20(6)27-24)17-28-15-18(4)13-19(5)16-28/h10-16H,7-9,17H2,1-6H3/q+1. The summed E-state index contributed by atoms with van der Waals surface area (Å²) in [5, 5.41) is 0. The van der Waals surface area contributed by atoms with Crippen molar-refractivity contribution in [3.8, 4) is 17.0 Å². The predicted octanol–water partition coefficient (Wildman–Crippen LogP) is 5.53. The molecule has 0 aliphatic heterocycles. The van der Waals surface area contributed by atoms with Crippen LogP contribution in [0.4, 0.5) is 0 Å². The molecule has 0 unspecified atom stereocenters. The van der Waals surface area contributed by atoms with Gasteiger partial charge in [-0.05, 0) is 57.7 Å². The van der Waals surface area contributed by atoms with Crippen LogP contribution in [0.1, 0.15) is 54.3 Å². The Morgan fingerprint density at radius 1 is 0.897 bits per heavy atom. The van der Waals surface area contributed by atoms with Crippen LogP contribution in [0.2, 0.25) is 0 Å². The van der Waals surface area contributed by atoms with E-state index in [1.54, 1.807) is 0 Å². The minimum absolute atomic E-state index is 0.642. The molecule has 3 aromatic rings. The first-order valence-corrected chi connectivity index (χ1v) is 10.7. The van der Waals surface area contributed by atoms with E-state index >= 15 is 0 Å². The van der Waals surface area contributed by atoms with Crippen LogP contribution >= 0.6 is 0 Å². The Morgan fingerprint density at radius 2 is 1.52 bits per heavy atom. The fraction of sp³-hybridized carbons (Fsp3) is 0.385. The molecule has 0 saturated heterocycles. The van der Waals surface area contributed by atoms with E-state index in [1.165, 1.54) is 27.8 Å². The Morgan fingerprint density at radius 3 is 2.07 bits per heavy atom. The molecule has 3 heteroatoms. The third-order valence-electron chi connectivity index (χ3n) is 5.38. The van der Waals surface area contributed by atoms with Crippen LogP contribution < -0.4 is 9.30 Å². The molecule has 2 heterocycles. The van der Waals surface area contributed by atoms with Gasteiger partial charge in [0.2, 0.25) is 0 Å². The monoisotopic (exact) mass is 389 g/mol. The van der Waals surface area contributed by atoms with Gasteiger partial charge < -0.3 is 4.74 Å². The van der Waals surface area contributed by atoms with Crippen LogP contribution in [0.5, 0.6) is 5.75 Å². The lowest BCUT2D eigenvalue weighted by molar-refractivity contribution is -0.689. The van der Waals surface area contributed by atoms with E-state index in [-0.39, 0.29) is 0 Å². The van der Waals surface area contributed by atoms with E-state index < -0.39 is 0 Å². The van der Waals surface area contributed by atoms with Gasteiger partial charge in [0.25, 0.3) is 0 Å². The Kier molecular flexibility index (Phi) is 6.68. The summed E-state index contributed by atoms with van der Waals surface area (Å²) in [6.45, 7) is 14.2. The first-order chi connectivity index (χ1) is 14.0. The molecule has 0 bridgehead atoms. The number of ether oxygens (including phenoxy) is 1. The van der Waals surface area contributed by atoms with Crippen molar-refractivity contribution in [1.29, 1.82) is 0 Å². The molecule has 0 radical (unpaired) electrons. The molecule has 1 aromatic carbocycles. The molecule has 0 aliphatic carbocycles. The summed E-state index contributed by atoms with van der Waals surface area (Å²) in [7, 11) is 0. The summed E-state index contributed by atoms with van der Waals surface area (Å²) >= 11 is 0. The molecule has 3 rings (SSSR count). The van der Waals surface area contributed by atoms with Gasteiger partial charge in [-0.15, -0.1) is 0 Å². The number of aryl methyl sites for hydroxylation is 5. The second kappa shape index (κ2) is 9.21. The maximum Gasteiger partial charge on any atom is 0.179 e. The summed E-state index contributed by atoms with van der Waals surface area (Å²) in [4.78, 5) is 5.05. The normalized spacial score (nSPS) is 11.0. The Bertz CT molecular complexity index is 965. The first kappa shape index (κ1) is 21.0. The van der Waals surface area contributed by atoms with Crippen molar-refractivity contribution < 1.29 is 9.30 Å². The van der Waals surface area contributed by atoms with E-state index in [9.17, 15) is 0 Å². The van der Waals surface area contributed by atoms with Crippen molar-refractivity contribution in [2.45, 2.75) is 60.9 Å². The minimum Gasteiger partial charge on any atom is -0.493 e. The second-order valence-corrected chi connectivity index (χ2v) is 7.72. The highest BCUT2D eigenvalue weighted by Crippen LogP contribution is 2.32. The molecular formula is C26H33N2O+. The van der Waals surface area contributed by atoms with Crippen molar-refractivity contribution in [3.05, 3.63) is 76.2 Å². The zero-order valence-corrected chi connectivity index (χ0v) is 18.7. The average molecular weight is 390 g/mol. The van der Waals surface area contributed by atoms with E-state index in [1.807, 2.05) is 6.92 Å². The molecule has 0 aliphatic rings. The van der Waals surface area contributed by atoms with Crippen molar-refractivity contribution in [2.75, 3.05) is 6.61 Å². The van der Waals surface area contributed by atoms with Crippen molar-refractivity contribution in [2.24, 2.45) is 0 Å². The molecule has 3 nitrogen and oxygen atoms in total. The summed E-state index contributed by atoms with van der Waals surface area (Å²) in [5.41, 5.74) is 9.68. The number of hydrogen-bond donors (Lipinski definition) is 0. The molecule has 0 spiro atoms. The number of hydrogen-bond acceptors (Lipinski definition) is 2. The van der Waals surface area contributed by atoms with Crippen molar-refractivity contribution in [3.63, 3.8) is 0 Å². The third-order valence-corrected chi connectivity index (χ3v) is 5.38. The average Bonchev–Trinajstić information content (AvgIpc) is 2.69. The smallest absolute Gasteiger partial charge is 0.179 e. The summed E-state index contributed by atoms with van der Waals surface area (Å²) in [6.07, 6.45) is 6.34. The molecule has 0 fully saturated rings. The van der Waals surface area contributed by atoms with Gasteiger partial charge in [0.15, 0.2) is 18.9 Å². The maximum absolute atomic E-state index is 6.11.